The van der Waals surface area contributed by atoms with Gasteiger partial charge in [-0.2, -0.15) is 5.10 Å². The fourth-order valence-electron chi connectivity index (χ4n) is 3.63. The number of aryl methyl sites for hydroxylation is 3. The Morgan fingerprint density at radius 3 is 2.67 bits per heavy atom. The molecule has 7 heteroatoms. The predicted octanol–water partition coefficient (Wildman–Crippen LogP) is 3.24. The lowest BCUT2D eigenvalue weighted by atomic mass is 10.1. The number of rotatable bonds is 9. The van der Waals surface area contributed by atoms with E-state index in [1.165, 1.54) is 0 Å². The first-order chi connectivity index (χ1) is 14.4. The van der Waals surface area contributed by atoms with E-state index in [1.807, 2.05) is 51.2 Å². The van der Waals surface area contributed by atoms with Gasteiger partial charge in [0.05, 0.1) is 16.6 Å². The summed E-state index contributed by atoms with van der Waals surface area (Å²) >= 11 is 0. The van der Waals surface area contributed by atoms with Gasteiger partial charge in [-0.15, -0.1) is 0 Å². The monoisotopic (exact) mass is 409 g/mol. The maximum atomic E-state index is 13.0. The number of pyridine rings is 1. The number of carbonyl (C=O) groups is 1. The second-order valence-electron chi connectivity index (χ2n) is 7.38. The first-order valence-corrected chi connectivity index (χ1v) is 10.5. The van der Waals surface area contributed by atoms with Gasteiger partial charge in [0, 0.05) is 31.4 Å². The second kappa shape index (κ2) is 9.71. The van der Waals surface area contributed by atoms with Crippen LogP contribution in [0, 0.1) is 13.8 Å². The van der Waals surface area contributed by atoms with E-state index in [0.29, 0.717) is 18.7 Å². The standard InChI is InChI=1S/C23H31N5O2/c1-6-28(7-2)12-13-30-20-11-9-8-10-18(20)15-24-23(29)19-14-16(3)25-22-21(19)17(4)26-27(22)5/h8-11,14H,6-7,12-13,15H2,1-5H3,(H,24,29). The highest BCUT2D eigenvalue weighted by molar-refractivity contribution is 6.06. The lowest BCUT2D eigenvalue weighted by Gasteiger charge is -2.19. The molecule has 7 nitrogen and oxygen atoms in total. The highest BCUT2D eigenvalue weighted by Gasteiger charge is 2.18. The highest BCUT2D eigenvalue weighted by Crippen LogP contribution is 2.22. The van der Waals surface area contributed by atoms with E-state index >= 15 is 0 Å². The molecule has 0 spiro atoms. The first kappa shape index (κ1) is 21.8. The summed E-state index contributed by atoms with van der Waals surface area (Å²) in [7, 11) is 1.84. The molecule has 0 aliphatic heterocycles. The number of likely N-dealkylation sites (N-methyl/N-ethyl adjacent to an activating group) is 1. The molecule has 3 aromatic rings. The maximum absolute atomic E-state index is 13.0. The number of nitrogens with one attached hydrogen (secondary N) is 1. The van der Waals surface area contributed by atoms with Gasteiger partial charge in [0.25, 0.3) is 5.91 Å². The molecule has 3 rings (SSSR count). The Labute approximate surface area is 178 Å². The third-order valence-corrected chi connectivity index (χ3v) is 5.31. The number of nitrogens with zero attached hydrogens (tertiary/aromatic N) is 4. The summed E-state index contributed by atoms with van der Waals surface area (Å²) in [5, 5.41) is 8.25. The lowest BCUT2D eigenvalue weighted by molar-refractivity contribution is 0.0952. The van der Waals surface area contributed by atoms with Crippen LogP contribution in [0.3, 0.4) is 0 Å². The summed E-state index contributed by atoms with van der Waals surface area (Å²) in [4.78, 5) is 19.9. The third-order valence-electron chi connectivity index (χ3n) is 5.31. The number of hydrogen-bond donors (Lipinski definition) is 1. The van der Waals surface area contributed by atoms with E-state index in [-0.39, 0.29) is 5.91 Å². The molecule has 0 aliphatic carbocycles. The van der Waals surface area contributed by atoms with Crippen molar-refractivity contribution in [2.75, 3.05) is 26.2 Å². The summed E-state index contributed by atoms with van der Waals surface area (Å²) in [5.41, 5.74) is 3.86. The summed E-state index contributed by atoms with van der Waals surface area (Å²) in [6.07, 6.45) is 0. The first-order valence-electron chi connectivity index (χ1n) is 10.5. The molecule has 0 fully saturated rings. The molecule has 1 aromatic carbocycles. The number of ether oxygens (including phenoxy) is 1. The van der Waals surface area contributed by atoms with Crippen LogP contribution >= 0.6 is 0 Å². The van der Waals surface area contributed by atoms with E-state index in [0.717, 1.165) is 53.4 Å². The molecule has 0 unspecified atom stereocenters. The summed E-state index contributed by atoms with van der Waals surface area (Å²) in [5.74, 6) is 0.665. The van der Waals surface area contributed by atoms with Crippen molar-refractivity contribution in [1.82, 2.24) is 25.0 Å². The van der Waals surface area contributed by atoms with Gasteiger partial charge in [-0.1, -0.05) is 32.0 Å². The quantitative estimate of drug-likeness (QED) is 0.587. The lowest BCUT2D eigenvalue weighted by Crippen LogP contribution is -2.28. The smallest absolute Gasteiger partial charge is 0.252 e. The van der Waals surface area contributed by atoms with Gasteiger partial charge in [-0.05, 0) is 39.1 Å². The number of hydrogen-bond acceptors (Lipinski definition) is 5. The SMILES string of the molecule is CCN(CC)CCOc1ccccc1CNC(=O)c1cc(C)nc2c1c(C)nn2C. The zero-order valence-electron chi connectivity index (χ0n) is 18.5. The Morgan fingerprint density at radius 1 is 1.20 bits per heavy atom. The topological polar surface area (TPSA) is 72.3 Å². The van der Waals surface area contributed by atoms with Crippen molar-refractivity contribution >= 4 is 16.9 Å². The third kappa shape index (κ3) is 4.79. The van der Waals surface area contributed by atoms with Crippen molar-refractivity contribution in [2.45, 2.75) is 34.2 Å². The van der Waals surface area contributed by atoms with E-state index < -0.39 is 0 Å². The van der Waals surface area contributed by atoms with Crippen molar-refractivity contribution in [2.24, 2.45) is 7.05 Å². The Hall–Kier alpha value is -2.93. The number of aromatic nitrogens is 3. The van der Waals surface area contributed by atoms with Crippen LogP contribution in [0.15, 0.2) is 30.3 Å². The number of para-hydroxylation sites is 1. The molecule has 2 aromatic heterocycles. The van der Waals surface area contributed by atoms with Crippen LogP contribution < -0.4 is 10.1 Å². The minimum atomic E-state index is -0.139. The fourth-order valence-corrected chi connectivity index (χ4v) is 3.63. The minimum absolute atomic E-state index is 0.139. The number of benzene rings is 1. The van der Waals surface area contributed by atoms with E-state index in [9.17, 15) is 4.79 Å². The molecule has 2 heterocycles. The average molecular weight is 410 g/mol. The van der Waals surface area contributed by atoms with E-state index in [1.54, 1.807) is 4.68 Å². The molecule has 1 amide bonds. The molecular weight excluding hydrogens is 378 g/mol. The Morgan fingerprint density at radius 2 is 1.93 bits per heavy atom. The summed E-state index contributed by atoms with van der Waals surface area (Å²) in [6.45, 7) is 12.0. The summed E-state index contributed by atoms with van der Waals surface area (Å²) in [6, 6.07) is 9.66. The number of fused-ring (bicyclic) bond motifs is 1. The van der Waals surface area contributed by atoms with E-state index in [4.69, 9.17) is 4.74 Å². The predicted molar refractivity (Wildman–Crippen MR) is 119 cm³/mol. The van der Waals surface area contributed by atoms with Crippen molar-refractivity contribution in [3.63, 3.8) is 0 Å². The van der Waals surface area contributed by atoms with Crippen molar-refractivity contribution in [3.05, 3.63) is 52.8 Å². The maximum Gasteiger partial charge on any atom is 0.252 e. The highest BCUT2D eigenvalue weighted by atomic mass is 16.5. The Balaban J connectivity index is 1.72. The van der Waals surface area contributed by atoms with Gasteiger partial charge in [-0.25, -0.2) is 4.98 Å². The van der Waals surface area contributed by atoms with Crippen LogP contribution in [0.1, 0.15) is 41.2 Å². The van der Waals surface area contributed by atoms with Crippen LogP contribution in [0.25, 0.3) is 11.0 Å². The molecule has 0 saturated carbocycles. The van der Waals surface area contributed by atoms with Crippen LogP contribution in [-0.2, 0) is 13.6 Å². The largest absolute Gasteiger partial charge is 0.492 e. The molecule has 0 atom stereocenters. The average Bonchev–Trinajstić information content (AvgIpc) is 3.02. The van der Waals surface area contributed by atoms with E-state index in [2.05, 4.69) is 34.1 Å². The zero-order valence-corrected chi connectivity index (χ0v) is 18.5. The summed E-state index contributed by atoms with van der Waals surface area (Å²) < 4.78 is 7.72. The Kier molecular flexibility index (Phi) is 7.05. The molecule has 0 aliphatic rings. The van der Waals surface area contributed by atoms with Crippen molar-refractivity contribution in [1.29, 1.82) is 0 Å². The molecule has 0 saturated heterocycles. The van der Waals surface area contributed by atoms with Crippen LogP contribution in [0.2, 0.25) is 0 Å². The van der Waals surface area contributed by atoms with Crippen molar-refractivity contribution in [3.8, 4) is 5.75 Å². The van der Waals surface area contributed by atoms with Crippen LogP contribution in [-0.4, -0.2) is 51.8 Å². The van der Waals surface area contributed by atoms with Crippen molar-refractivity contribution < 1.29 is 9.53 Å². The number of amides is 1. The van der Waals surface area contributed by atoms with Crippen LogP contribution in [0.5, 0.6) is 5.75 Å². The van der Waals surface area contributed by atoms with Gasteiger partial charge >= 0.3 is 0 Å². The second-order valence-corrected chi connectivity index (χ2v) is 7.38. The number of carbonyl (C=O) groups excluding carboxylic acids is 1. The molecule has 0 radical (unpaired) electrons. The molecule has 160 valence electrons. The molecular formula is C23H31N5O2. The molecule has 1 N–H and O–H groups in total. The van der Waals surface area contributed by atoms with Gasteiger partial charge in [0.1, 0.15) is 12.4 Å². The van der Waals surface area contributed by atoms with Gasteiger partial charge < -0.3 is 15.0 Å². The van der Waals surface area contributed by atoms with Gasteiger partial charge in [0.2, 0.25) is 0 Å². The fraction of sp³-hybridized carbons (Fsp3) is 0.435. The zero-order chi connectivity index (χ0) is 21.7. The van der Waals surface area contributed by atoms with Crippen LogP contribution in [0.4, 0.5) is 0 Å². The Bertz CT molecular complexity index is 1020. The van der Waals surface area contributed by atoms with Gasteiger partial charge in [-0.3, -0.25) is 9.48 Å². The molecule has 30 heavy (non-hydrogen) atoms. The van der Waals surface area contributed by atoms with Gasteiger partial charge in [0.15, 0.2) is 5.65 Å². The molecule has 0 bridgehead atoms. The minimum Gasteiger partial charge on any atom is -0.492 e. The normalized spacial score (nSPS) is 11.3.